The molecule has 4 nitrogen and oxygen atoms in total. The predicted molar refractivity (Wildman–Crippen MR) is 60.5 cm³/mol. The first-order valence-electron chi connectivity index (χ1n) is 5.30. The van der Waals surface area contributed by atoms with Crippen LogP contribution >= 0.6 is 0 Å². The Labute approximate surface area is 107 Å². The molecular formula is C12H12F3NO3. The minimum Gasteiger partial charge on any atom is -0.479 e. The number of hydrogen-bond acceptors (Lipinski definition) is 2. The molecule has 0 unspecified atom stereocenters. The van der Waals surface area contributed by atoms with Crippen LogP contribution in [0.1, 0.15) is 22.7 Å². The molecule has 2 N–H and O–H groups in total. The van der Waals surface area contributed by atoms with Gasteiger partial charge in [0.05, 0.1) is 0 Å². The molecule has 0 saturated heterocycles. The molecule has 104 valence electrons. The van der Waals surface area contributed by atoms with Crippen molar-refractivity contribution in [2.45, 2.75) is 26.1 Å². The molecule has 0 aromatic heterocycles. The van der Waals surface area contributed by atoms with Crippen LogP contribution in [0.5, 0.6) is 0 Å². The van der Waals surface area contributed by atoms with Crippen LogP contribution in [-0.2, 0) is 9.59 Å². The molecule has 0 heterocycles. The first kappa shape index (κ1) is 15.0. The Bertz CT molecular complexity index is 491. The summed E-state index contributed by atoms with van der Waals surface area (Å²) in [7, 11) is 0. The molecule has 0 saturated carbocycles. The van der Waals surface area contributed by atoms with Gasteiger partial charge in [0.2, 0.25) is 0 Å². The molecule has 1 aromatic rings. The van der Waals surface area contributed by atoms with E-state index in [-0.39, 0.29) is 5.56 Å². The van der Waals surface area contributed by atoms with Crippen molar-refractivity contribution in [3.63, 3.8) is 0 Å². The lowest BCUT2D eigenvalue weighted by Crippen LogP contribution is -2.41. The first-order chi connectivity index (χ1) is 8.61. The first-order valence-corrected chi connectivity index (χ1v) is 5.30. The smallest absolute Gasteiger partial charge is 0.471 e. The van der Waals surface area contributed by atoms with E-state index in [1.165, 1.54) is 17.4 Å². The summed E-state index contributed by atoms with van der Waals surface area (Å²) in [6, 6.07) is 2.85. The minimum atomic E-state index is -5.12. The summed E-state index contributed by atoms with van der Waals surface area (Å²) in [5, 5.41) is 10.4. The molecule has 1 aromatic carbocycles. The number of halogens is 3. The Balaban J connectivity index is 3.08. The lowest BCUT2D eigenvalue weighted by Gasteiger charge is -2.17. The van der Waals surface area contributed by atoms with Gasteiger partial charge in [0.15, 0.2) is 6.04 Å². The van der Waals surface area contributed by atoms with Crippen LogP contribution in [0.3, 0.4) is 0 Å². The van der Waals surface area contributed by atoms with Gasteiger partial charge in [-0.15, -0.1) is 0 Å². The second kappa shape index (κ2) is 5.29. The standard InChI is InChI=1S/C12H12F3NO3/c1-6-3-7(2)5-8(4-6)9(10(17)18)16-11(19)12(13,14)15/h3-5,9H,1-2H3,(H,16,19)(H,17,18)/t9-/m1/s1. The van der Waals surface area contributed by atoms with Crippen LogP contribution in [-0.4, -0.2) is 23.2 Å². The Morgan fingerprint density at radius 3 is 2.00 bits per heavy atom. The number of carbonyl (C=O) groups is 2. The third kappa shape index (κ3) is 3.97. The molecule has 19 heavy (non-hydrogen) atoms. The van der Waals surface area contributed by atoms with Crippen LogP contribution in [0.4, 0.5) is 13.2 Å². The summed E-state index contributed by atoms with van der Waals surface area (Å²) in [5.41, 5.74) is 1.49. The lowest BCUT2D eigenvalue weighted by atomic mass is 10.0. The molecular weight excluding hydrogens is 263 g/mol. The Morgan fingerprint density at radius 1 is 1.16 bits per heavy atom. The van der Waals surface area contributed by atoms with E-state index in [2.05, 4.69) is 0 Å². The van der Waals surface area contributed by atoms with Gasteiger partial charge in [0.25, 0.3) is 0 Å². The summed E-state index contributed by atoms with van der Waals surface area (Å²) in [6.07, 6.45) is -5.12. The maximum absolute atomic E-state index is 12.1. The monoisotopic (exact) mass is 275 g/mol. The topological polar surface area (TPSA) is 66.4 Å². The van der Waals surface area contributed by atoms with Gasteiger partial charge in [-0.1, -0.05) is 29.3 Å². The number of aliphatic carboxylic acids is 1. The van der Waals surface area contributed by atoms with Crippen LogP contribution < -0.4 is 5.32 Å². The average Bonchev–Trinajstić information content (AvgIpc) is 2.21. The molecule has 0 aliphatic heterocycles. The van der Waals surface area contributed by atoms with Gasteiger partial charge in [-0.2, -0.15) is 13.2 Å². The maximum Gasteiger partial charge on any atom is 0.471 e. The molecule has 1 atom stereocenters. The van der Waals surface area contributed by atoms with Crippen LogP contribution in [0, 0.1) is 13.8 Å². The van der Waals surface area contributed by atoms with Gasteiger partial charge in [-0.25, -0.2) is 4.79 Å². The Morgan fingerprint density at radius 2 is 1.63 bits per heavy atom. The van der Waals surface area contributed by atoms with Crippen molar-refractivity contribution in [3.05, 3.63) is 34.9 Å². The van der Waals surface area contributed by atoms with Gasteiger partial charge in [0, 0.05) is 0 Å². The highest BCUT2D eigenvalue weighted by Crippen LogP contribution is 2.21. The highest BCUT2D eigenvalue weighted by molar-refractivity contribution is 5.87. The zero-order chi connectivity index (χ0) is 14.8. The largest absolute Gasteiger partial charge is 0.479 e. The molecule has 0 radical (unpaired) electrons. The van der Waals surface area contributed by atoms with E-state index in [0.717, 1.165) is 0 Å². The van der Waals surface area contributed by atoms with Crippen molar-refractivity contribution in [2.75, 3.05) is 0 Å². The highest BCUT2D eigenvalue weighted by atomic mass is 19.4. The number of carboxylic acid groups (broad SMARTS) is 1. The molecule has 1 rings (SSSR count). The van der Waals surface area contributed by atoms with E-state index < -0.39 is 24.1 Å². The van der Waals surface area contributed by atoms with E-state index in [0.29, 0.717) is 11.1 Å². The number of rotatable bonds is 3. The van der Waals surface area contributed by atoms with E-state index >= 15 is 0 Å². The van der Waals surface area contributed by atoms with Crippen molar-refractivity contribution < 1.29 is 27.9 Å². The number of benzene rings is 1. The van der Waals surface area contributed by atoms with Crippen LogP contribution in [0.15, 0.2) is 18.2 Å². The second-order valence-corrected chi connectivity index (χ2v) is 4.16. The molecule has 0 spiro atoms. The lowest BCUT2D eigenvalue weighted by molar-refractivity contribution is -0.175. The number of alkyl halides is 3. The molecule has 1 amide bonds. The van der Waals surface area contributed by atoms with Crippen molar-refractivity contribution in [1.82, 2.24) is 5.32 Å². The fourth-order valence-electron chi connectivity index (χ4n) is 1.68. The quantitative estimate of drug-likeness (QED) is 0.887. The maximum atomic E-state index is 12.1. The Hall–Kier alpha value is -2.05. The van der Waals surface area contributed by atoms with Crippen molar-refractivity contribution in [2.24, 2.45) is 0 Å². The third-order valence-corrected chi connectivity index (χ3v) is 2.36. The summed E-state index contributed by atoms with van der Waals surface area (Å²) in [6.45, 7) is 3.36. The number of amides is 1. The molecule has 0 bridgehead atoms. The molecule has 0 aliphatic carbocycles. The van der Waals surface area contributed by atoms with Gasteiger partial charge in [0.1, 0.15) is 0 Å². The van der Waals surface area contributed by atoms with Crippen molar-refractivity contribution in [1.29, 1.82) is 0 Å². The van der Waals surface area contributed by atoms with Gasteiger partial charge in [-0.3, -0.25) is 4.79 Å². The number of carboxylic acids is 1. The predicted octanol–water partition coefficient (Wildman–Crippen LogP) is 2.11. The minimum absolute atomic E-state index is 0.0996. The fraction of sp³-hybridized carbons (Fsp3) is 0.333. The number of carbonyl (C=O) groups excluding carboxylic acids is 1. The van der Waals surface area contributed by atoms with Crippen LogP contribution in [0.25, 0.3) is 0 Å². The summed E-state index contributed by atoms with van der Waals surface area (Å²) >= 11 is 0. The van der Waals surface area contributed by atoms with E-state index in [1.807, 2.05) is 0 Å². The van der Waals surface area contributed by atoms with Gasteiger partial charge < -0.3 is 10.4 Å². The molecule has 0 aliphatic rings. The second-order valence-electron chi connectivity index (χ2n) is 4.16. The number of hydrogen-bond donors (Lipinski definition) is 2. The van der Waals surface area contributed by atoms with Gasteiger partial charge >= 0.3 is 18.1 Å². The normalized spacial score (nSPS) is 12.9. The number of nitrogens with one attached hydrogen (secondary N) is 1. The Kier molecular flexibility index (Phi) is 4.18. The van der Waals surface area contributed by atoms with Crippen LogP contribution in [0.2, 0.25) is 0 Å². The van der Waals surface area contributed by atoms with Crippen molar-refractivity contribution in [3.8, 4) is 0 Å². The molecule has 7 heteroatoms. The fourth-order valence-corrected chi connectivity index (χ4v) is 1.68. The number of aryl methyl sites for hydroxylation is 2. The SMILES string of the molecule is Cc1cc(C)cc([C@@H](NC(=O)C(F)(F)F)C(=O)O)c1. The van der Waals surface area contributed by atoms with Crippen molar-refractivity contribution >= 4 is 11.9 Å². The molecule has 0 fully saturated rings. The van der Waals surface area contributed by atoms with E-state index in [4.69, 9.17) is 5.11 Å². The zero-order valence-electron chi connectivity index (χ0n) is 10.2. The summed E-state index contributed by atoms with van der Waals surface area (Å²) in [5.74, 6) is -3.83. The summed E-state index contributed by atoms with van der Waals surface area (Å²) in [4.78, 5) is 21.8. The van der Waals surface area contributed by atoms with E-state index in [1.54, 1.807) is 19.9 Å². The zero-order valence-corrected chi connectivity index (χ0v) is 10.2. The van der Waals surface area contributed by atoms with Gasteiger partial charge in [-0.05, 0) is 19.4 Å². The third-order valence-electron chi connectivity index (χ3n) is 2.36. The average molecular weight is 275 g/mol. The van der Waals surface area contributed by atoms with E-state index in [9.17, 15) is 22.8 Å². The summed E-state index contributed by atoms with van der Waals surface area (Å²) < 4.78 is 36.4. The highest BCUT2D eigenvalue weighted by Gasteiger charge is 2.41.